The number of hydrogen-bond acceptors (Lipinski definition) is 2. The lowest BCUT2D eigenvalue weighted by Crippen LogP contribution is -2.35. The van der Waals surface area contributed by atoms with Crippen LogP contribution in [0.5, 0.6) is 0 Å². The predicted molar refractivity (Wildman–Crippen MR) is 64.9 cm³/mol. The average molecular weight is 213 g/mol. The fraction of sp³-hybridized carbons (Fsp3) is 1.00. The molecule has 82 valence electrons. The van der Waals surface area contributed by atoms with Crippen molar-refractivity contribution in [3.63, 3.8) is 0 Å². The van der Waals surface area contributed by atoms with Crippen LogP contribution in [0.1, 0.15) is 45.4 Å². The van der Waals surface area contributed by atoms with Gasteiger partial charge in [-0.25, -0.2) is 0 Å². The van der Waals surface area contributed by atoms with Gasteiger partial charge in [-0.2, -0.15) is 11.8 Å². The highest BCUT2D eigenvalue weighted by atomic mass is 32.2. The van der Waals surface area contributed by atoms with E-state index in [1.165, 1.54) is 50.8 Å². The molecule has 2 unspecified atom stereocenters. The smallest absolute Gasteiger partial charge is 0.0172 e. The van der Waals surface area contributed by atoms with Gasteiger partial charge in [0.1, 0.15) is 0 Å². The topological polar surface area (TPSA) is 12.0 Å². The van der Waals surface area contributed by atoms with E-state index >= 15 is 0 Å². The summed E-state index contributed by atoms with van der Waals surface area (Å²) in [4.78, 5) is 0. The maximum absolute atomic E-state index is 3.80. The van der Waals surface area contributed by atoms with Crippen LogP contribution in [0, 0.1) is 5.92 Å². The van der Waals surface area contributed by atoms with Gasteiger partial charge in [0.15, 0.2) is 0 Å². The van der Waals surface area contributed by atoms with E-state index in [2.05, 4.69) is 24.0 Å². The van der Waals surface area contributed by atoms with Gasteiger partial charge in [0.2, 0.25) is 0 Å². The molecule has 14 heavy (non-hydrogen) atoms. The molecule has 1 saturated carbocycles. The summed E-state index contributed by atoms with van der Waals surface area (Å²) in [7, 11) is 0. The average Bonchev–Trinajstić information content (AvgIpc) is 2.90. The van der Waals surface area contributed by atoms with Crippen molar-refractivity contribution in [2.24, 2.45) is 5.92 Å². The molecule has 0 aromatic heterocycles. The normalized spacial score (nSPS) is 29.4. The van der Waals surface area contributed by atoms with Crippen LogP contribution < -0.4 is 5.32 Å². The predicted octanol–water partition coefficient (Wildman–Crippen LogP) is 3.05. The summed E-state index contributed by atoms with van der Waals surface area (Å²) >= 11 is 2.17. The lowest BCUT2D eigenvalue weighted by molar-refractivity contribution is 0.429. The molecule has 1 nitrogen and oxygen atoms in total. The summed E-state index contributed by atoms with van der Waals surface area (Å²) in [6.45, 7) is 3.58. The fourth-order valence-electron chi connectivity index (χ4n) is 2.40. The van der Waals surface area contributed by atoms with Gasteiger partial charge in [0, 0.05) is 17.8 Å². The third-order valence-electron chi connectivity index (χ3n) is 3.42. The molecular weight excluding hydrogens is 190 g/mol. The summed E-state index contributed by atoms with van der Waals surface area (Å²) < 4.78 is 0. The Balaban J connectivity index is 1.65. The Labute approximate surface area is 92.4 Å². The molecule has 0 aromatic carbocycles. The Morgan fingerprint density at radius 2 is 2.21 bits per heavy atom. The molecule has 0 aromatic rings. The molecular formula is C12H23NS. The van der Waals surface area contributed by atoms with E-state index in [9.17, 15) is 0 Å². The first kappa shape index (κ1) is 10.8. The van der Waals surface area contributed by atoms with Gasteiger partial charge in [-0.05, 0) is 43.8 Å². The maximum Gasteiger partial charge on any atom is 0.0172 e. The van der Waals surface area contributed by atoms with Crippen LogP contribution in [-0.2, 0) is 0 Å². The molecule has 2 rings (SSSR count). The standard InChI is InChI=1S/C12H23NS/c1-2-4-12(10-6-7-10)13-9-11-5-3-8-14-11/h10-13H,2-9H2,1H3. The zero-order valence-corrected chi connectivity index (χ0v) is 10.1. The van der Waals surface area contributed by atoms with Crippen molar-refractivity contribution < 1.29 is 0 Å². The molecule has 1 heterocycles. The summed E-state index contributed by atoms with van der Waals surface area (Å²) in [5.41, 5.74) is 0. The van der Waals surface area contributed by atoms with E-state index in [0.717, 1.165) is 17.2 Å². The Hall–Kier alpha value is 0.310. The zero-order valence-electron chi connectivity index (χ0n) is 9.30. The molecule has 1 aliphatic carbocycles. The van der Waals surface area contributed by atoms with Crippen molar-refractivity contribution >= 4 is 11.8 Å². The van der Waals surface area contributed by atoms with Crippen molar-refractivity contribution in [2.75, 3.05) is 12.3 Å². The minimum Gasteiger partial charge on any atom is -0.313 e. The highest BCUT2D eigenvalue weighted by Crippen LogP contribution is 2.35. The van der Waals surface area contributed by atoms with Gasteiger partial charge in [0.05, 0.1) is 0 Å². The third-order valence-corrected chi connectivity index (χ3v) is 4.82. The van der Waals surface area contributed by atoms with Gasteiger partial charge in [-0.15, -0.1) is 0 Å². The van der Waals surface area contributed by atoms with Gasteiger partial charge in [-0.3, -0.25) is 0 Å². The summed E-state index contributed by atoms with van der Waals surface area (Å²) in [6.07, 6.45) is 8.58. The second-order valence-electron chi connectivity index (χ2n) is 4.78. The largest absolute Gasteiger partial charge is 0.313 e. The second-order valence-corrected chi connectivity index (χ2v) is 6.18. The molecule has 0 spiro atoms. The molecule has 2 fully saturated rings. The van der Waals surface area contributed by atoms with Crippen LogP contribution in [0.3, 0.4) is 0 Å². The Bertz CT molecular complexity index is 162. The monoisotopic (exact) mass is 213 g/mol. The van der Waals surface area contributed by atoms with Crippen molar-refractivity contribution in [3.8, 4) is 0 Å². The minimum atomic E-state index is 0.848. The van der Waals surface area contributed by atoms with Crippen LogP contribution in [0.15, 0.2) is 0 Å². The molecule has 2 aliphatic rings. The Morgan fingerprint density at radius 1 is 1.36 bits per heavy atom. The Kier molecular flexibility index (Phi) is 4.18. The first-order chi connectivity index (χ1) is 6.90. The van der Waals surface area contributed by atoms with Crippen molar-refractivity contribution in [1.29, 1.82) is 0 Å². The highest BCUT2D eigenvalue weighted by molar-refractivity contribution is 8.00. The van der Waals surface area contributed by atoms with Crippen LogP contribution in [-0.4, -0.2) is 23.6 Å². The summed E-state index contributed by atoms with van der Waals surface area (Å²) in [5, 5.41) is 4.73. The van der Waals surface area contributed by atoms with E-state index in [4.69, 9.17) is 0 Å². The lowest BCUT2D eigenvalue weighted by atomic mass is 10.1. The van der Waals surface area contributed by atoms with Gasteiger partial charge in [-0.1, -0.05) is 13.3 Å². The second kappa shape index (κ2) is 5.41. The molecule has 1 N–H and O–H groups in total. The van der Waals surface area contributed by atoms with Crippen LogP contribution in [0.4, 0.5) is 0 Å². The van der Waals surface area contributed by atoms with E-state index in [1.807, 2.05) is 0 Å². The number of rotatable bonds is 6. The van der Waals surface area contributed by atoms with Crippen LogP contribution in [0.25, 0.3) is 0 Å². The SMILES string of the molecule is CCCC(NCC1CCCS1)C1CC1. The molecule has 2 heteroatoms. The van der Waals surface area contributed by atoms with Gasteiger partial charge >= 0.3 is 0 Å². The molecule has 1 aliphatic heterocycles. The quantitative estimate of drug-likeness (QED) is 0.728. The fourth-order valence-corrected chi connectivity index (χ4v) is 3.62. The van der Waals surface area contributed by atoms with Gasteiger partial charge in [0.25, 0.3) is 0 Å². The summed E-state index contributed by atoms with van der Waals surface area (Å²) in [5.74, 6) is 2.43. The zero-order chi connectivity index (χ0) is 9.80. The number of thioether (sulfide) groups is 1. The minimum absolute atomic E-state index is 0.848. The van der Waals surface area contributed by atoms with Crippen molar-refractivity contribution in [3.05, 3.63) is 0 Å². The molecule has 0 bridgehead atoms. The summed E-state index contributed by atoms with van der Waals surface area (Å²) in [6, 6.07) is 0.848. The third kappa shape index (κ3) is 3.16. The number of hydrogen-bond donors (Lipinski definition) is 1. The lowest BCUT2D eigenvalue weighted by Gasteiger charge is -2.19. The number of nitrogens with one attached hydrogen (secondary N) is 1. The van der Waals surface area contributed by atoms with E-state index < -0.39 is 0 Å². The highest BCUT2D eigenvalue weighted by Gasteiger charge is 2.30. The van der Waals surface area contributed by atoms with Crippen molar-refractivity contribution in [1.82, 2.24) is 5.32 Å². The molecule has 0 amide bonds. The molecule has 2 atom stereocenters. The van der Waals surface area contributed by atoms with Crippen molar-refractivity contribution in [2.45, 2.75) is 56.7 Å². The molecule has 1 saturated heterocycles. The first-order valence-corrected chi connectivity index (χ1v) is 7.30. The first-order valence-electron chi connectivity index (χ1n) is 6.25. The van der Waals surface area contributed by atoms with Crippen LogP contribution >= 0.6 is 11.8 Å². The van der Waals surface area contributed by atoms with E-state index in [-0.39, 0.29) is 0 Å². The van der Waals surface area contributed by atoms with Gasteiger partial charge < -0.3 is 5.32 Å². The molecule has 0 radical (unpaired) electrons. The van der Waals surface area contributed by atoms with Crippen LogP contribution in [0.2, 0.25) is 0 Å². The Morgan fingerprint density at radius 3 is 2.79 bits per heavy atom. The maximum atomic E-state index is 3.80. The van der Waals surface area contributed by atoms with E-state index in [1.54, 1.807) is 0 Å². The van der Waals surface area contributed by atoms with E-state index in [0.29, 0.717) is 0 Å².